The van der Waals surface area contributed by atoms with Gasteiger partial charge in [-0.2, -0.15) is 13.2 Å². The Bertz CT molecular complexity index is 1170. The van der Waals surface area contributed by atoms with E-state index in [0.717, 1.165) is 24.8 Å². The third kappa shape index (κ3) is 12.7. The maximum Gasteiger partial charge on any atom is 0.416 e. The minimum atomic E-state index is -4.59. The molecule has 0 aromatic heterocycles. The molecular formula is C31H42ClF3N2O3. The maximum absolute atomic E-state index is 13.3. The van der Waals surface area contributed by atoms with Gasteiger partial charge >= 0.3 is 6.18 Å². The number of aldehydes is 1. The largest absolute Gasteiger partial charge is 0.416 e. The van der Waals surface area contributed by atoms with Crippen LogP contribution in [0, 0.1) is 13.8 Å². The van der Waals surface area contributed by atoms with Crippen molar-refractivity contribution in [3.05, 3.63) is 87.4 Å². The van der Waals surface area contributed by atoms with Crippen molar-refractivity contribution in [3.63, 3.8) is 0 Å². The van der Waals surface area contributed by atoms with Gasteiger partial charge in [0.05, 0.1) is 22.5 Å². The Morgan fingerprint density at radius 3 is 1.90 bits per heavy atom. The average molecular weight is 583 g/mol. The summed E-state index contributed by atoms with van der Waals surface area (Å²) in [6.45, 7) is 15.8. The zero-order valence-electron chi connectivity index (χ0n) is 24.8. The standard InChI is InChI=1S/C23H18ClF3N2O2.C3H8.2C2H6.CH4O/c1-13-3-6-17(7-4-13)28-20-8-5-16(23(25,26)27)10-21(20)29-22(31)18-11-19(24)14(2)9-15(18)12-30;1-3-2;3*1-2/h3-12,28H,1-2H3,(H,29,31);3H2,1-2H3;2*1-2H3;2H,1H3. The van der Waals surface area contributed by atoms with Crippen molar-refractivity contribution in [1.82, 2.24) is 0 Å². The molecule has 0 unspecified atom stereocenters. The molecule has 0 aliphatic carbocycles. The van der Waals surface area contributed by atoms with Crippen LogP contribution >= 0.6 is 11.6 Å². The van der Waals surface area contributed by atoms with Crippen LogP contribution in [-0.4, -0.2) is 24.4 Å². The Balaban J connectivity index is 0. The van der Waals surface area contributed by atoms with Gasteiger partial charge in [-0.25, -0.2) is 0 Å². The van der Waals surface area contributed by atoms with Crippen molar-refractivity contribution < 1.29 is 27.9 Å². The van der Waals surface area contributed by atoms with E-state index >= 15 is 0 Å². The van der Waals surface area contributed by atoms with Gasteiger partial charge in [-0.1, -0.05) is 77.3 Å². The number of benzene rings is 3. The summed E-state index contributed by atoms with van der Waals surface area (Å²) in [6.07, 6.45) is -2.85. The van der Waals surface area contributed by atoms with Crippen LogP contribution in [0.1, 0.15) is 85.4 Å². The van der Waals surface area contributed by atoms with Crippen molar-refractivity contribution in [3.8, 4) is 0 Å². The second kappa shape index (κ2) is 20.5. The first-order valence-corrected chi connectivity index (χ1v) is 13.4. The van der Waals surface area contributed by atoms with Crippen molar-refractivity contribution in [2.24, 2.45) is 0 Å². The molecule has 1 amide bonds. The number of rotatable bonds is 5. The van der Waals surface area contributed by atoms with Gasteiger partial charge in [0.25, 0.3) is 5.91 Å². The van der Waals surface area contributed by atoms with Crippen LogP contribution in [0.5, 0.6) is 0 Å². The number of carbonyl (C=O) groups excluding carboxylic acids is 2. The molecule has 3 aromatic carbocycles. The highest BCUT2D eigenvalue weighted by Crippen LogP contribution is 2.35. The minimum Gasteiger partial charge on any atom is -0.400 e. The number of amides is 1. The number of carbonyl (C=O) groups is 2. The number of alkyl halides is 3. The molecule has 40 heavy (non-hydrogen) atoms. The van der Waals surface area contributed by atoms with Gasteiger partial charge in [-0.05, 0) is 61.9 Å². The first-order valence-electron chi connectivity index (χ1n) is 13.1. The van der Waals surface area contributed by atoms with Crippen LogP contribution in [0.2, 0.25) is 5.02 Å². The molecule has 0 saturated heterocycles. The van der Waals surface area contributed by atoms with E-state index < -0.39 is 17.6 Å². The molecule has 0 aliphatic heterocycles. The Labute approximate surface area is 241 Å². The molecule has 3 aromatic rings. The van der Waals surface area contributed by atoms with Crippen molar-refractivity contribution in [2.75, 3.05) is 17.7 Å². The molecule has 0 aliphatic rings. The van der Waals surface area contributed by atoms with Gasteiger partial charge in [-0.3, -0.25) is 9.59 Å². The molecule has 3 N–H and O–H groups in total. The monoisotopic (exact) mass is 582 g/mol. The highest BCUT2D eigenvalue weighted by atomic mass is 35.5. The van der Waals surface area contributed by atoms with E-state index in [-0.39, 0.29) is 27.5 Å². The second-order valence-electron chi connectivity index (χ2n) is 7.72. The number of anilines is 3. The van der Waals surface area contributed by atoms with Gasteiger partial charge in [-0.15, -0.1) is 0 Å². The molecule has 0 fully saturated rings. The summed E-state index contributed by atoms with van der Waals surface area (Å²) in [5.74, 6) is -0.754. The van der Waals surface area contributed by atoms with Crippen LogP contribution < -0.4 is 10.6 Å². The molecule has 0 heterocycles. The van der Waals surface area contributed by atoms with E-state index in [9.17, 15) is 22.8 Å². The molecule has 0 bridgehead atoms. The zero-order valence-corrected chi connectivity index (χ0v) is 25.5. The molecule has 0 radical (unpaired) electrons. The van der Waals surface area contributed by atoms with Gasteiger partial charge in [0.15, 0.2) is 6.29 Å². The SMILES string of the molecule is CC.CC.CCC.CO.Cc1ccc(Nc2ccc(C(F)(F)F)cc2NC(=O)c2cc(Cl)c(C)cc2C=O)cc1. The summed E-state index contributed by atoms with van der Waals surface area (Å²) >= 11 is 6.07. The highest BCUT2D eigenvalue weighted by Gasteiger charge is 2.31. The van der Waals surface area contributed by atoms with Crippen molar-refractivity contribution >= 4 is 40.9 Å². The summed E-state index contributed by atoms with van der Waals surface area (Å²) < 4.78 is 39.8. The summed E-state index contributed by atoms with van der Waals surface area (Å²) in [4.78, 5) is 24.2. The Morgan fingerprint density at radius 1 is 0.900 bits per heavy atom. The normalized spacial score (nSPS) is 9.55. The summed E-state index contributed by atoms with van der Waals surface area (Å²) in [5.41, 5.74) is 1.54. The van der Waals surface area contributed by atoms with Crippen molar-refractivity contribution in [1.29, 1.82) is 0 Å². The van der Waals surface area contributed by atoms with Crippen LogP contribution in [-0.2, 0) is 6.18 Å². The Kier molecular flexibility index (Phi) is 19.9. The predicted molar refractivity (Wildman–Crippen MR) is 162 cm³/mol. The van der Waals surface area contributed by atoms with Crippen LogP contribution in [0.25, 0.3) is 0 Å². The Morgan fingerprint density at radius 2 is 1.43 bits per heavy atom. The first kappa shape index (κ1) is 38.8. The van der Waals surface area contributed by atoms with E-state index in [1.807, 2.05) is 46.8 Å². The smallest absolute Gasteiger partial charge is 0.400 e. The lowest BCUT2D eigenvalue weighted by Crippen LogP contribution is -2.16. The van der Waals surface area contributed by atoms with E-state index in [1.165, 1.54) is 24.6 Å². The number of hydrogen-bond donors (Lipinski definition) is 3. The molecular weight excluding hydrogens is 541 g/mol. The lowest BCUT2D eigenvalue weighted by atomic mass is 10.0. The molecule has 0 spiro atoms. The van der Waals surface area contributed by atoms with Gasteiger partial charge in [0.2, 0.25) is 0 Å². The number of hydrogen-bond acceptors (Lipinski definition) is 4. The van der Waals surface area contributed by atoms with Gasteiger partial charge in [0, 0.05) is 23.4 Å². The fourth-order valence-electron chi connectivity index (χ4n) is 2.91. The topological polar surface area (TPSA) is 78.4 Å². The Hall–Kier alpha value is -3.36. The third-order valence-corrected chi connectivity index (χ3v) is 5.04. The lowest BCUT2D eigenvalue weighted by molar-refractivity contribution is -0.137. The molecule has 5 nitrogen and oxygen atoms in total. The molecule has 0 atom stereocenters. The second-order valence-corrected chi connectivity index (χ2v) is 8.12. The fourth-order valence-corrected chi connectivity index (χ4v) is 3.08. The van der Waals surface area contributed by atoms with E-state index in [2.05, 4.69) is 24.5 Å². The minimum absolute atomic E-state index is 0.0377. The zero-order chi connectivity index (χ0) is 31.5. The fraction of sp³-hybridized carbons (Fsp3) is 0.355. The molecule has 222 valence electrons. The number of aliphatic hydroxyl groups excluding tert-OH is 1. The van der Waals surface area contributed by atoms with Crippen molar-refractivity contribution in [2.45, 2.75) is 68.0 Å². The van der Waals surface area contributed by atoms with E-state index in [0.29, 0.717) is 17.5 Å². The van der Waals surface area contributed by atoms with Crippen LogP contribution in [0.4, 0.5) is 30.2 Å². The van der Waals surface area contributed by atoms with Gasteiger partial charge in [0.1, 0.15) is 0 Å². The predicted octanol–water partition coefficient (Wildman–Crippen LogP) is 9.86. The number of aliphatic hydroxyl groups is 1. The number of nitrogens with one attached hydrogen (secondary N) is 2. The number of halogens is 4. The molecule has 9 heteroatoms. The first-order chi connectivity index (χ1) is 19.0. The van der Waals surface area contributed by atoms with E-state index in [1.54, 1.807) is 19.1 Å². The lowest BCUT2D eigenvalue weighted by Gasteiger charge is -2.17. The molecule has 3 rings (SSSR count). The third-order valence-electron chi connectivity index (χ3n) is 4.63. The van der Waals surface area contributed by atoms with E-state index in [4.69, 9.17) is 16.7 Å². The van der Waals surface area contributed by atoms with Crippen LogP contribution in [0.15, 0.2) is 54.6 Å². The summed E-state index contributed by atoms with van der Waals surface area (Å²) in [7, 11) is 1.00. The maximum atomic E-state index is 13.3. The van der Waals surface area contributed by atoms with Gasteiger partial charge < -0.3 is 15.7 Å². The summed E-state index contributed by atoms with van der Waals surface area (Å²) in [6, 6.07) is 13.0. The highest BCUT2D eigenvalue weighted by molar-refractivity contribution is 6.32. The molecule has 0 saturated carbocycles. The summed E-state index contributed by atoms with van der Waals surface area (Å²) in [5, 5.41) is 12.7. The van der Waals surface area contributed by atoms with Crippen LogP contribution in [0.3, 0.4) is 0 Å². The average Bonchev–Trinajstić information content (AvgIpc) is 2.95. The quantitative estimate of drug-likeness (QED) is 0.262. The number of aryl methyl sites for hydroxylation is 2.